The van der Waals surface area contributed by atoms with Crippen LogP contribution in [0.4, 0.5) is 5.69 Å². The van der Waals surface area contributed by atoms with Gasteiger partial charge in [0.2, 0.25) is 0 Å². The van der Waals surface area contributed by atoms with E-state index in [4.69, 9.17) is 32.4 Å². The molecule has 0 aliphatic carbocycles. The van der Waals surface area contributed by atoms with Crippen LogP contribution in [-0.4, -0.2) is 23.8 Å². The number of methoxy groups -OCH3 is 1. The molecule has 0 unspecified atom stereocenters. The van der Waals surface area contributed by atoms with E-state index in [1.165, 1.54) is 32.5 Å². The minimum absolute atomic E-state index is 0.133. The Hall–Kier alpha value is -2.57. The normalized spacial score (nSPS) is 10.7. The quantitative estimate of drug-likeness (QED) is 0.670. The van der Waals surface area contributed by atoms with Crippen LogP contribution < -0.4 is 10.1 Å². The fourth-order valence-corrected chi connectivity index (χ4v) is 2.80. The SMILES string of the molecule is COc1ccc(C(=O)Nc2c(Cl)cncc2Cl)c2cc(C(C)=O)oc12. The zero-order valence-corrected chi connectivity index (χ0v) is 14.7. The average molecular weight is 379 g/mol. The van der Waals surface area contributed by atoms with Crippen LogP contribution in [0.5, 0.6) is 5.75 Å². The molecule has 0 atom stereocenters. The Morgan fingerprint density at radius 3 is 2.48 bits per heavy atom. The Labute approximate surface area is 152 Å². The van der Waals surface area contributed by atoms with Gasteiger partial charge in [-0.25, -0.2) is 0 Å². The van der Waals surface area contributed by atoms with E-state index in [-0.39, 0.29) is 32.8 Å². The standard InChI is InChI=1S/C17H12Cl2N2O4/c1-8(22)14-5-10-9(3-4-13(24-2)16(10)25-14)17(23)21-15-11(18)6-20-7-12(15)19/h3-7H,1-2H3,(H,20,21,23). The number of rotatable bonds is 4. The molecule has 0 bridgehead atoms. The summed E-state index contributed by atoms with van der Waals surface area (Å²) in [5.74, 6) is -0.170. The van der Waals surface area contributed by atoms with Crippen molar-refractivity contribution in [3.05, 3.63) is 52.0 Å². The third kappa shape index (κ3) is 3.18. The van der Waals surface area contributed by atoms with E-state index in [0.29, 0.717) is 16.7 Å². The highest BCUT2D eigenvalue weighted by atomic mass is 35.5. The van der Waals surface area contributed by atoms with Crippen LogP contribution in [-0.2, 0) is 0 Å². The molecule has 2 heterocycles. The lowest BCUT2D eigenvalue weighted by Gasteiger charge is -2.10. The number of furan rings is 1. The summed E-state index contributed by atoms with van der Waals surface area (Å²) < 4.78 is 10.7. The number of Topliss-reactive ketones (excluding diaryl/α,β-unsaturated/α-hetero) is 1. The van der Waals surface area contributed by atoms with Crippen molar-refractivity contribution in [2.45, 2.75) is 6.92 Å². The molecule has 0 saturated heterocycles. The number of nitrogens with one attached hydrogen (secondary N) is 1. The number of carbonyl (C=O) groups excluding carboxylic acids is 2. The van der Waals surface area contributed by atoms with Crippen LogP contribution in [0.2, 0.25) is 10.0 Å². The second-order valence-corrected chi connectivity index (χ2v) is 5.97. The van der Waals surface area contributed by atoms with Crippen LogP contribution in [0.15, 0.2) is 35.0 Å². The Balaban J connectivity index is 2.09. The monoisotopic (exact) mass is 378 g/mol. The van der Waals surface area contributed by atoms with Gasteiger partial charge in [0.15, 0.2) is 22.9 Å². The van der Waals surface area contributed by atoms with Crippen molar-refractivity contribution in [1.29, 1.82) is 0 Å². The first-order valence-corrected chi connectivity index (χ1v) is 7.89. The lowest BCUT2D eigenvalue weighted by atomic mass is 10.1. The summed E-state index contributed by atoms with van der Waals surface area (Å²) in [4.78, 5) is 28.1. The highest BCUT2D eigenvalue weighted by molar-refractivity contribution is 6.39. The van der Waals surface area contributed by atoms with E-state index in [2.05, 4.69) is 10.3 Å². The summed E-state index contributed by atoms with van der Waals surface area (Å²) >= 11 is 12.1. The third-order valence-electron chi connectivity index (χ3n) is 3.55. The molecule has 0 aliphatic heterocycles. The van der Waals surface area contributed by atoms with Gasteiger partial charge in [0.25, 0.3) is 5.91 Å². The minimum atomic E-state index is -0.460. The molecule has 25 heavy (non-hydrogen) atoms. The molecule has 0 aliphatic rings. The molecule has 3 rings (SSSR count). The molecule has 8 heteroatoms. The van der Waals surface area contributed by atoms with Gasteiger partial charge in [-0.3, -0.25) is 14.6 Å². The molecule has 0 fully saturated rings. The number of hydrogen-bond acceptors (Lipinski definition) is 5. The molecular weight excluding hydrogens is 367 g/mol. The number of aromatic nitrogens is 1. The summed E-state index contributed by atoms with van der Waals surface area (Å²) in [6, 6.07) is 4.66. The number of benzene rings is 1. The molecule has 0 radical (unpaired) electrons. The smallest absolute Gasteiger partial charge is 0.256 e. The Morgan fingerprint density at radius 1 is 1.20 bits per heavy atom. The summed E-state index contributed by atoms with van der Waals surface area (Å²) in [6.07, 6.45) is 2.75. The van der Waals surface area contributed by atoms with Gasteiger partial charge in [-0.05, 0) is 18.2 Å². The van der Waals surface area contributed by atoms with E-state index in [0.717, 1.165) is 0 Å². The van der Waals surface area contributed by atoms with Gasteiger partial charge in [-0.1, -0.05) is 23.2 Å². The maximum absolute atomic E-state index is 12.7. The molecule has 128 valence electrons. The van der Waals surface area contributed by atoms with Crippen LogP contribution in [0, 0.1) is 0 Å². The van der Waals surface area contributed by atoms with Crippen molar-refractivity contribution in [3.63, 3.8) is 0 Å². The van der Waals surface area contributed by atoms with E-state index in [1.54, 1.807) is 12.1 Å². The predicted octanol–water partition coefficient (Wildman–Crippen LogP) is 4.60. The van der Waals surface area contributed by atoms with Crippen LogP contribution in [0.1, 0.15) is 27.8 Å². The number of halogens is 2. The summed E-state index contributed by atoms with van der Waals surface area (Å²) in [6.45, 7) is 1.38. The first-order valence-electron chi connectivity index (χ1n) is 7.14. The highest BCUT2D eigenvalue weighted by Crippen LogP contribution is 2.34. The fourth-order valence-electron chi connectivity index (χ4n) is 2.34. The number of pyridine rings is 1. The molecule has 3 aromatic rings. The van der Waals surface area contributed by atoms with Gasteiger partial charge in [0.05, 0.1) is 28.4 Å². The van der Waals surface area contributed by atoms with E-state index < -0.39 is 5.91 Å². The zero-order chi connectivity index (χ0) is 18.1. The number of hydrogen-bond donors (Lipinski definition) is 1. The number of carbonyl (C=O) groups is 2. The maximum Gasteiger partial charge on any atom is 0.256 e. The molecule has 6 nitrogen and oxygen atoms in total. The number of ether oxygens (including phenoxy) is 1. The molecule has 2 aromatic heterocycles. The summed E-state index contributed by atoms with van der Waals surface area (Å²) in [5.41, 5.74) is 0.853. The number of amides is 1. The van der Waals surface area contributed by atoms with Crippen molar-refractivity contribution in [2.24, 2.45) is 0 Å². The van der Waals surface area contributed by atoms with Gasteiger partial charge >= 0.3 is 0 Å². The van der Waals surface area contributed by atoms with Crippen molar-refractivity contribution in [2.75, 3.05) is 12.4 Å². The Bertz CT molecular complexity index is 977. The molecule has 1 amide bonds. The summed E-state index contributed by atoms with van der Waals surface area (Å²) in [7, 11) is 1.47. The first-order chi connectivity index (χ1) is 11.9. The Morgan fingerprint density at radius 2 is 1.88 bits per heavy atom. The van der Waals surface area contributed by atoms with Gasteiger partial charge in [-0.15, -0.1) is 0 Å². The van der Waals surface area contributed by atoms with E-state index in [9.17, 15) is 9.59 Å². The average Bonchev–Trinajstić information content (AvgIpc) is 3.02. The second kappa shape index (κ2) is 6.74. The number of nitrogens with zero attached hydrogens (tertiary/aromatic N) is 1. The van der Waals surface area contributed by atoms with Crippen molar-refractivity contribution in [3.8, 4) is 5.75 Å². The second-order valence-electron chi connectivity index (χ2n) is 5.16. The van der Waals surface area contributed by atoms with Crippen molar-refractivity contribution < 1.29 is 18.7 Å². The number of ketones is 1. The third-order valence-corrected chi connectivity index (χ3v) is 4.12. The topological polar surface area (TPSA) is 81.4 Å². The number of anilines is 1. The van der Waals surface area contributed by atoms with Crippen LogP contribution in [0.25, 0.3) is 11.0 Å². The molecule has 1 N–H and O–H groups in total. The fraction of sp³-hybridized carbons (Fsp3) is 0.118. The van der Waals surface area contributed by atoms with Crippen LogP contribution >= 0.6 is 23.2 Å². The van der Waals surface area contributed by atoms with E-state index >= 15 is 0 Å². The molecule has 1 aromatic carbocycles. The largest absolute Gasteiger partial charge is 0.493 e. The van der Waals surface area contributed by atoms with Gasteiger partial charge < -0.3 is 14.5 Å². The van der Waals surface area contributed by atoms with Gasteiger partial charge in [0, 0.05) is 24.7 Å². The maximum atomic E-state index is 12.7. The van der Waals surface area contributed by atoms with Crippen molar-refractivity contribution in [1.82, 2.24) is 4.98 Å². The highest BCUT2D eigenvalue weighted by Gasteiger charge is 2.20. The predicted molar refractivity (Wildman–Crippen MR) is 95.0 cm³/mol. The minimum Gasteiger partial charge on any atom is -0.493 e. The number of fused-ring (bicyclic) bond motifs is 1. The zero-order valence-electron chi connectivity index (χ0n) is 13.2. The Kier molecular flexibility index (Phi) is 4.65. The van der Waals surface area contributed by atoms with Crippen LogP contribution in [0.3, 0.4) is 0 Å². The van der Waals surface area contributed by atoms with Gasteiger partial charge in [0.1, 0.15) is 0 Å². The van der Waals surface area contributed by atoms with Crippen molar-refractivity contribution >= 4 is 51.5 Å². The molecular formula is C17H12Cl2N2O4. The summed E-state index contributed by atoms with van der Waals surface area (Å²) in [5, 5.41) is 3.52. The van der Waals surface area contributed by atoms with E-state index in [1.807, 2.05) is 0 Å². The first kappa shape index (κ1) is 17.3. The lowest BCUT2D eigenvalue weighted by Crippen LogP contribution is -2.13. The molecule has 0 spiro atoms. The molecule has 0 saturated carbocycles. The van der Waals surface area contributed by atoms with Gasteiger partial charge in [-0.2, -0.15) is 0 Å². The lowest BCUT2D eigenvalue weighted by molar-refractivity contribution is 0.0987.